The van der Waals surface area contributed by atoms with Crippen LogP contribution < -0.4 is 14.9 Å². The summed E-state index contributed by atoms with van der Waals surface area (Å²) in [5.41, 5.74) is 4.11. The molecule has 1 aromatic heterocycles. The van der Waals surface area contributed by atoms with Gasteiger partial charge in [-0.25, -0.2) is 10.4 Å². The minimum Gasteiger partial charge on any atom is -0.507 e. The minimum absolute atomic E-state index is 0.103. The number of nitrogens with zero attached hydrogens (tertiary/aromatic N) is 2. The molecule has 0 bridgehead atoms. The number of carbonyl (C=O) groups excluding carboxylic acids is 1. The summed E-state index contributed by atoms with van der Waals surface area (Å²) in [6.07, 6.45) is 1.48. The third kappa shape index (κ3) is 4.86. The number of hydrazone groups is 1. The third-order valence-electron chi connectivity index (χ3n) is 3.76. The van der Waals surface area contributed by atoms with E-state index in [1.165, 1.54) is 18.3 Å². The van der Waals surface area contributed by atoms with Crippen LogP contribution in [0.4, 0.5) is 0 Å². The van der Waals surface area contributed by atoms with E-state index in [4.69, 9.17) is 9.47 Å². The van der Waals surface area contributed by atoms with Gasteiger partial charge in [0.15, 0.2) is 11.5 Å². The number of methoxy groups -OCH3 is 1. The van der Waals surface area contributed by atoms with Crippen LogP contribution in [-0.4, -0.2) is 29.3 Å². The van der Waals surface area contributed by atoms with E-state index in [1.54, 1.807) is 48.8 Å². The van der Waals surface area contributed by atoms with Gasteiger partial charge in [-0.2, -0.15) is 5.10 Å². The summed E-state index contributed by atoms with van der Waals surface area (Å²) in [5, 5.41) is 16.5. The SMILES string of the molecule is COc1cc(C=NNC(=O)c2ccccc2O)ccc1OCc1csc(C)n1. The van der Waals surface area contributed by atoms with Crippen molar-refractivity contribution in [1.29, 1.82) is 0 Å². The van der Waals surface area contributed by atoms with Crippen molar-refractivity contribution < 1.29 is 19.4 Å². The Morgan fingerprint density at radius 3 is 2.82 bits per heavy atom. The van der Waals surface area contributed by atoms with Crippen molar-refractivity contribution in [3.05, 3.63) is 69.7 Å². The second-order valence-electron chi connectivity index (χ2n) is 5.77. The van der Waals surface area contributed by atoms with Gasteiger partial charge in [-0.3, -0.25) is 4.79 Å². The number of rotatable bonds is 7. The zero-order valence-corrected chi connectivity index (χ0v) is 16.2. The van der Waals surface area contributed by atoms with E-state index in [9.17, 15) is 9.90 Å². The first-order valence-electron chi connectivity index (χ1n) is 8.40. The molecule has 8 heteroatoms. The molecule has 0 aliphatic heterocycles. The molecule has 0 fully saturated rings. The van der Waals surface area contributed by atoms with E-state index < -0.39 is 5.91 Å². The van der Waals surface area contributed by atoms with Gasteiger partial charge >= 0.3 is 0 Å². The molecule has 1 heterocycles. The summed E-state index contributed by atoms with van der Waals surface area (Å²) in [7, 11) is 1.55. The maximum absolute atomic E-state index is 12.0. The number of hydrogen-bond donors (Lipinski definition) is 2. The Morgan fingerprint density at radius 2 is 2.11 bits per heavy atom. The second kappa shape index (κ2) is 9.01. The fourth-order valence-corrected chi connectivity index (χ4v) is 3.00. The number of para-hydroxylation sites is 1. The Labute approximate surface area is 166 Å². The monoisotopic (exact) mass is 397 g/mol. The number of benzene rings is 2. The molecule has 7 nitrogen and oxygen atoms in total. The number of thiazole rings is 1. The molecule has 3 rings (SSSR count). The molecular weight excluding hydrogens is 378 g/mol. The van der Waals surface area contributed by atoms with Crippen LogP contribution in [0.1, 0.15) is 26.6 Å². The van der Waals surface area contributed by atoms with Crippen molar-refractivity contribution in [2.24, 2.45) is 5.10 Å². The normalized spacial score (nSPS) is 10.8. The maximum Gasteiger partial charge on any atom is 0.275 e. The summed E-state index contributed by atoms with van der Waals surface area (Å²) < 4.78 is 11.1. The molecule has 3 aromatic rings. The first kappa shape index (κ1) is 19.4. The van der Waals surface area contributed by atoms with Crippen LogP contribution in [-0.2, 0) is 6.61 Å². The number of amides is 1. The molecule has 0 saturated carbocycles. The lowest BCUT2D eigenvalue weighted by atomic mass is 10.2. The predicted octanol–water partition coefficient (Wildman–Crippen LogP) is 3.51. The van der Waals surface area contributed by atoms with Gasteiger partial charge in [-0.15, -0.1) is 11.3 Å². The van der Waals surface area contributed by atoms with Gasteiger partial charge in [0.25, 0.3) is 5.91 Å². The van der Waals surface area contributed by atoms with Crippen molar-refractivity contribution in [3.63, 3.8) is 0 Å². The molecule has 0 radical (unpaired) electrons. The van der Waals surface area contributed by atoms with Crippen molar-refractivity contribution in [2.45, 2.75) is 13.5 Å². The molecule has 144 valence electrons. The highest BCUT2D eigenvalue weighted by Crippen LogP contribution is 2.28. The Kier molecular flexibility index (Phi) is 6.23. The molecule has 2 N–H and O–H groups in total. The molecule has 0 aliphatic carbocycles. The topological polar surface area (TPSA) is 93.0 Å². The first-order valence-corrected chi connectivity index (χ1v) is 9.28. The van der Waals surface area contributed by atoms with E-state index in [1.807, 2.05) is 12.3 Å². The number of aryl methyl sites for hydroxylation is 1. The summed E-state index contributed by atoms with van der Waals surface area (Å²) in [6.45, 7) is 2.30. The lowest BCUT2D eigenvalue weighted by Crippen LogP contribution is -2.17. The standard InChI is InChI=1S/C20H19N3O4S/c1-13-22-15(12-28-13)11-27-18-8-7-14(9-19(18)26-2)10-21-23-20(25)16-5-3-4-6-17(16)24/h3-10,12,24H,11H2,1-2H3,(H,23,25). The van der Waals surface area contributed by atoms with E-state index >= 15 is 0 Å². The molecule has 0 atom stereocenters. The van der Waals surface area contributed by atoms with Crippen molar-refractivity contribution in [1.82, 2.24) is 10.4 Å². The van der Waals surface area contributed by atoms with E-state index in [0.717, 1.165) is 10.7 Å². The van der Waals surface area contributed by atoms with Crippen molar-refractivity contribution in [3.8, 4) is 17.2 Å². The Hall–Kier alpha value is -3.39. The van der Waals surface area contributed by atoms with E-state index in [-0.39, 0.29) is 11.3 Å². The summed E-state index contributed by atoms with van der Waals surface area (Å²) in [5.74, 6) is 0.528. The highest BCUT2D eigenvalue weighted by atomic mass is 32.1. The Bertz CT molecular complexity index is 1000. The number of ether oxygens (including phenoxy) is 2. The summed E-state index contributed by atoms with van der Waals surface area (Å²) in [6, 6.07) is 11.6. The van der Waals surface area contributed by atoms with Crippen LogP contribution in [0, 0.1) is 6.92 Å². The van der Waals surface area contributed by atoms with E-state index in [0.29, 0.717) is 23.7 Å². The second-order valence-corrected chi connectivity index (χ2v) is 6.84. The lowest BCUT2D eigenvalue weighted by Gasteiger charge is -2.10. The van der Waals surface area contributed by atoms with Gasteiger partial charge in [0.2, 0.25) is 0 Å². The number of phenols is 1. The van der Waals surface area contributed by atoms with Crippen LogP contribution in [0.5, 0.6) is 17.2 Å². The zero-order chi connectivity index (χ0) is 19.9. The molecule has 0 spiro atoms. The van der Waals surface area contributed by atoms with Gasteiger partial charge in [-0.1, -0.05) is 12.1 Å². The number of carbonyl (C=O) groups is 1. The average Bonchev–Trinajstić information content (AvgIpc) is 3.12. The zero-order valence-electron chi connectivity index (χ0n) is 15.4. The fraction of sp³-hybridized carbons (Fsp3) is 0.150. The largest absolute Gasteiger partial charge is 0.507 e. The molecule has 28 heavy (non-hydrogen) atoms. The summed E-state index contributed by atoms with van der Waals surface area (Å²) in [4.78, 5) is 16.4. The van der Waals surface area contributed by atoms with Gasteiger partial charge < -0.3 is 14.6 Å². The van der Waals surface area contributed by atoms with E-state index in [2.05, 4.69) is 15.5 Å². The number of aromatic nitrogens is 1. The van der Waals surface area contributed by atoms with Crippen molar-refractivity contribution in [2.75, 3.05) is 7.11 Å². The minimum atomic E-state index is -0.500. The quantitative estimate of drug-likeness (QED) is 0.470. The van der Waals surface area contributed by atoms with Gasteiger partial charge in [0.05, 0.1) is 29.6 Å². The van der Waals surface area contributed by atoms with Crippen LogP contribution in [0.25, 0.3) is 0 Å². The maximum atomic E-state index is 12.0. The van der Waals surface area contributed by atoms with Gasteiger partial charge in [0.1, 0.15) is 12.4 Å². The molecule has 0 aliphatic rings. The molecule has 2 aromatic carbocycles. The summed E-state index contributed by atoms with van der Waals surface area (Å²) >= 11 is 1.57. The van der Waals surface area contributed by atoms with Crippen LogP contribution >= 0.6 is 11.3 Å². The van der Waals surface area contributed by atoms with Crippen LogP contribution in [0.3, 0.4) is 0 Å². The Balaban J connectivity index is 1.63. The smallest absolute Gasteiger partial charge is 0.275 e. The number of nitrogens with one attached hydrogen (secondary N) is 1. The molecule has 1 amide bonds. The highest BCUT2D eigenvalue weighted by Gasteiger charge is 2.09. The fourth-order valence-electron chi connectivity index (χ4n) is 2.40. The van der Waals surface area contributed by atoms with Crippen LogP contribution in [0.2, 0.25) is 0 Å². The number of phenolic OH excluding ortho intramolecular Hbond substituents is 1. The molecule has 0 unspecified atom stereocenters. The van der Waals surface area contributed by atoms with Crippen LogP contribution in [0.15, 0.2) is 52.9 Å². The average molecular weight is 397 g/mol. The molecular formula is C20H19N3O4S. The van der Waals surface area contributed by atoms with Gasteiger partial charge in [0, 0.05) is 5.38 Å². The highest BCUT2D eigenvalue weighted by molar-refractivity contribution is 7.09. The van der Waals surface area contributed by atoms with Crippen molar-refractivity contribution >= 4 is 23.5 Å². The predicted molar refractivity (Wildman–Crippen MR) is 107 cm³/mol. The molecule has 0 saturated heterocycles. The van der Waals surface area contributed by atoms with Gasteiger partial charge in [-0.05, 0) is 42.8 Å². The third-order valence-corrected chi connectivity index (χ3v) is 4.58. The first-order chi connectivity index (χ1) is 13.6. The Morgan fingerprint density at radius 1 is 1.29 bits per heavy atom. The lowest BCUT2D eigenvalue weighted by molar-refractivity contribution is 0.0952. The number of hydrogen-bond acceptors (Lipinski definition) is 7. The number of aromatic hydroxyl groups is 1.